The van der Waals surface area contributed by atoms with E-state index in [-0.39, 0.29) is 0 Å². The molecule has 0 radical (unpaired) electrons. The third kappa shape index (κ3) is 8.36. The normalized spacial score (nSPS) is 15.2. The lowest BCUT2D eigenvalue weighted by Gasteiger charge is -2.19. The molecule has 148 valence electrons. The van der Waals surface area contributed by atoms with Crippen LogP contribution >= 0.6 is 22.9 Å². The summed E-state index contributed by atoms with van der Waals surface area (Å²) in [7, 11) is -1.31. The van der Waals surface area contributed by atoms with Crippen molar-refractivity contribution in [3.63, 3.8) is 0 Å². The molecule has 0 spiro atoms. The SMILES string of the molecule is CC(C)(C)[S+]([O-])N=Cc1nc(C(OCC[Si](C)(C)C)OC(N)=O)sc1Cl. The fourth-order valence-electron chi connectivity index (χ4n) is 1.50. The average molecular weight is 440 g/mol. The molecule has 0 bridgehead atoms. The summed E-state index contributed by atoms with van der Waals surface area (Å²) < 4.78 is 26.5. The minimum Gasteiger partial charge on any atom is -0.591 e. The van der Waals surface area contributed by atoms with Gasteiger partial charge in [0, 0.05) is 14.7 Å². The molecule has 1 amide bonds. The summed E-state index contributed by atoms with van der Waals surface area (Å²) in [6, 6.07) is 0.892. The molecule has 1 rings (SSSR count). The monoisotopic (exact) mass is 439 g/mol. The standard InChI is InChI=1S/C15H26ClN3O4S2Si/c1-15(2,3)25(21)18-9-10-11(16)24-12(19-10)13(23-14(17)20)22-7-8-26(4,5)6/h9,13H,7-8H2,1-6H3,(H2,17,20). The molecule has 2 N–H and O–H groups in total. The molecular weight excluding hydrogens is 414 g/mol. The summed E-state index contributed by atoms with van der Waals surface area (Å²) in [5, 5.41) is 0.354. The maximum atomic E-state index is 12.0. The number of primary amides is 1. The largest absolute Gasteiger partial charge is 0.591 e. The Labute approximate surface area is 167 Å². The van der Waals surface area contributed by atoms with Crippen LogP contribution in [0.1, 0.15) is 37.8 Å². The summed E-state index contributed by atoms with van der Waals surface area (Å²) in [6.45, 7) is 12.5. The molecule has 0 saturated heterocycles. The quantitative estimate of drug-likeness (QED) is 0.283. The molecule has 2 unspecified atom stereocenters. The van der Waals surface area contributed by atoms with Crippen LogP contribution in [0, 0.1) is 0 Å². The van der Waals surface area contributed by atoms with Crippen LogP contribution in [0.25, 0.3) is 0 Å². The van der Waals surface area contributed by atoms with Crippen LogP contribution < -0.4 is 5.73 Å². The zero-order valence-electron chi connectivity index (χ0n) is 15.9. The van der Waals surface area contributed by atoms with Gasteiger partial charge in [-0.15, -0.1) is 0 Å². The fraction of sp³-hybridized carbons (Fsp3) is 0.667. The van der Waals surface area contributed by atoms with Gasteiger partial charge in [-0.05, 0) is 26.8 Å². The van der Waals surface area contributed by atoms with Crippen LogP contribution in [0.4, 0.5) is 4.79 Å². The van der Waals surface area contributed by atoms with Gasteiger partial charge in [0.15, 0.2) is 5.01 Å². The molecule has 0 saturated carbocycles. The van der Waals surface area contributed by atoms with Crippen molar-refractivity contribution in [2.75, 3.05) is 6.61 Å². The maximum Gasteiger partial charge on any atom is 0.407 e. The maximum absolute atomic E-state index is 12.0. The molecule has 0 aliphatic carbocycles. The van der Waals surface area contributed by atoms with Crippen molar-refractivity contribution in [1.29, 1.82) is 0 Å². The van der Waals surface area contributed by atoms with Crippen molar-refractivity contribution in [3.8, 4) is 0 Å². The van der Waals surface area contributed by atoms with Crippen LogP contribution in [-0.4, -0.2) is 41.3 Å². The van der Waals surface area contributed by atoms with Gasteiger partial charge in [0.25, 0.3) is 6.29 Å². The predicted octanol–water partition coefficient (Wildman–Crippen LogP) is 4.13. The van der Waals surface area contributed by atoms with Gasteiger partial charge in [-0.25, -0.2) is 9.78 Å². The minimum atomic E-state index is -1.43. The van der Waals surface area contributed by atoms with Gasteiger partial charge in [-0.3, -0.25) is 0 Å². The van der Waals surface area contributed by atoms with Crippen LogP contribution in [0.5, 0.6) is 0 Å². The van der Waals surface area contributed by atoms with Crippen molar-refractivity contribution in [3.05, 3.63) is 15.0 Å². The van der Waals surface area contributed by atoms with E-state index in [0.29, 0.717) is 21.6 Å². The van der Waals surface area contributed by atoms with Crippen molar-refractivity contribution in [2.45, 2.75) is 57.5 Å². The first-order valence-corrected chi connectivity index (χ1v) is 14.0. The van der Waals surface area contributed by atoms with Crippen molar-refractivity contribution in [2.24, 2.45) is 10.1 Å². The summed E-state index contributed by atoms with van der Waals surface area (Å²) in [4.78, 5) is 15.5. The number of nitrogens with zero attached hydrogens (tertiary/aromatic N) is 2. The number of nitrogens with two attached hydrogens (primary N) is 1. The third-order valence-corrected chi connectivity index (χ3v) is 7.32. The Kier molecular flexibility index (Phi) is 8.56. The Hall–Kier alpha value is -0.653. The Balaban J connectivity index is 2.91. The number of thiazole rings is 1. The molecule has 0 fully saturated rings. The van der Waals surface area contributed by atoms with Crippen molar-refractivity contribution < 1.29 is 18.8 Å². The zero-order valence-corrected chi connectivity index (χ0v) is 19.3. The zero-order chi connectivity index (χ0) is 20.1. The van der Waals surface area contributed by atoms with Gasteiger partial charge in [0.05, 0.1) is 0 Å². The summed E-state index contributed by atoms with van der Waals surface area (Å²) in [6.07, 6.45) is -0.632. The second-order valence-corrected chi connectivity index (χ2v) is 16.9. The third-order valence-electron chi connectivity index (χ3n) is 2.97. The number of amides is 1. The molecular formula is C15H26ClN3O4S2Si. The molecule has 11 heteroatoms. The van der Waals surface area contributed by atoms with E-state index in [1.54, 1.807) is 0 Å². The highest BCUT2D eigenvalue weighted by molar-refractivity contribution is 7.91. The number of rotatable bonds is 8. The highest BCUT2D eigenvalue weighted by Gasteiger charge is 2.27. The number of carbonyl (C=O) groups is 1. The molecule has 1 aromatic rings. The van der Waals surface area contributed by atoms with E-state index in [4.69, 9.17) is 26.8 Å². The van der Waals surface area contributed by atoms with E-state index in [1.165, 1.54) is 6.21 Å². The van der Waals surface area contributed by atoms with Crippen LogP contribution in [0.3, 0.4) is 0 Å². The Bertz CT molecular complexity index is 644. The summed E-state index contributed by atoms with van der Waals surface area (Å²) in [5.41, 5.74) is 5.47. The van der Waals surface area contributed by atoms with Crippen molar-refractivity contribution in [1.82, 2.24) is 4.98 Å². The van der Waals surface area contributed by atoms with Gasteiger partial charge in [-0.2, -0.15) is 0 Å². The lowest BCUT2D eigenvalue weighted by molar-refractivity contribution is -0.101. The summed E-state index contributed by atoms with van der Waals surface area (Å²) >= 11 is 5.85. The van der Waals surface area contributed by atoms with Crippen molar-refractivity contribution >= 4 is 54.7 Å². The summed E-state index contributed by atoms with van der Waals surface area (Å²) in [5.74, 6) is 0. The minimum absolute atomic E-state index is 0.335. The molecule has 0 aromatic carbocycles. The lowest BCUT2D eigenvalue weighted by Crippen LogP contribution is -2.25. The van der Waals surface area contributed by atoms with E-state index in [9.17, 15) is 9.35 Å². The molecule has 26 heavy (non-hydrogen) atoms. The lowest BCUT2D eigenvalue weighted by atomic mass is 10.3. The number of carbonyl (C=O) groups excluding carboxylic acids is 1. The van der Waals surface area contributed by atoms with E-state index in [1.807, 2.05) is 20.8 Å². The average Bonchev–Trinajstić information content (AvgIpc) is 2.82. The van der Waals surface area contributed by atoms with Crippen LogP contribution in [0.15, 0.2) is 4.40 Å². The number of hydrogen-bond acceptors (Lipinski definition) is 7. The molecule has 0 aliphatic heterocycles. The van der Waals surface area contributed by atoms with Gasteiger partial charge in [-0.1, -0.05) is 47.0 Å². The Morgan fingerprint density at radius 2 is 2.12 bits per heavy atom. The van der Waals surface area contributed by atoms with Gasteiger partial charge in [0.1, 0.15) is 32.4 Å². The predicted molar refractivity (Wildman–Crippen MR) is 110 cm³/mol. The first kappa shape index (κ1) is 23.4. The number of ether oxygens (including phenoxy) is 2. The molecule has 1 heterocycles. The van der Waals surface area contributed by atoms with Gasteiger partial charge in [0.2, 0.25) is 0 Å². The molecule has 2 atom stereocenters. The highest BCUT2D eigenvalue weighted by atomic mass is 35.5. The molecule has 7 nitrogen and oxygen atoms in total. The smallest absolute Gasteiger partial charge is 0.407 e. The Morgan fingerprint density at radius 3 is 2.62 bits per heavy atom. The Morgan fingerprint density at radius 1 is 1.50 bits per heavy atom. The first-order valence-electron chi connectivity index (χ1n) is 7.99. The number of hydrogen-bond donors (Lipinski definition) is 1. The van der Waals surface area contributed by atoms with Gasteiger partial charge < -0.3 is 19.8 Å². The van der Waals surface area contributed by atoms with E-state index in [2.05, 4.69) is 29.0 Å². The molecule has 1 aromatic heterocycles. The topological polar surface area (TPSA) is 110 Å². The number of aromatic nitrogens is 1. The van der Waals surface area contributed by atoms with E-state index < -0.39 is 36.6 Å². The highest BCUT2D eigenvalue weighted by Crippen LogP contribution is 2.31. The number of halogens is 1. The van der Waals surface area contributed by atoms with Crippen LogP contribution in [0.2, 0.25) is 30.0 Å². The second-order valence-electron chi connectivity index (χ2n) is 7.76. The van der Waals surface area contributed by atoms with Gasteiger partial charge >= 0.3 is 6.09 Å². The second kappa shape index (κ2) is 9.51. The fourth-order valence-corrected chi connectivity index (χ4v) is 3.81. The van der Waals surface area contributed by atoms with Crippen LogP contribution in [-0.2, 0) is 20.8 Å². The first-order chi connectivity index (χ1) is 11.8. The van der Waals surface area contributed by atoms with E-state index >= 15 is 0 Å². The molecule has 0 aliphatic rings. The van der Waals surface area contributed by atoms with E-state index in [0.717, 1.165) is 17.4 Å².